The van der Waals surface area contributed by atoms with E-state index in [1.165, 1.54) is 26.0 Å². The highest BCUT2D eigenvalue weighted by molar-refractivity contribution is 9.10. The van der Waals surface area contributed by atoms with Crippen molar-refractivity contribution in [2.24, 2.45) is 0 Å². The Kier molecular flexibility index (Phi) is 5.94. The Labute approximate surface area is 139 Å². The molecule has 0 bridgehead atoms. The summed E-state index contributed by atoms with van der Waals surface area (Å²) in [4.78, 5) is 0.0774. The van der Waals surface area contributed by atoms with Crippen LogP contribution in [0.2, 0.25) is 5.02 Å². The van der Waals surface area contributed by atoms with Crippen LogP contribution in [0.5, 0.6) is 5.75 Å². The molecule has 0 aliphatic heterocycles. The molecule has 0 saturated heterocycles. The molecule has 4 nitrogen and oxygen atoms in total. The van der Waals surface area contributed by atoms with Crippen molar-refractivity contribution in [1.29, 1.82) is 0 Å². The number of benzene rings is 1. The second kappa shape index (κ2) is 7.31. The van der Waals surface area contributed by atoms with Gasteiger partial charge in [-0.3, -0.25) is 0 Å². The number of nitrogens with one attached hydrogen (secondary N) is 1. The van der Waals surface area contributed by atoms with E-state index in [0.717, 1.165) is 25.7 Å². The molecule has 0 atom stereocenters. The molecule has 1 aliphatic rings. The van der Waals surface area contributed by atoms with E-state index in [1.54, 1.807) is 6.07 Å². The van der Waals surface area contributed by atoms with E-state index >= 15 is 0 Å². The molecule has 1 aliphatic carbocycles. The molecule has 1 fully saturated rings. The van der Waals surface area contributed by atoms with Crippen molar-refractivity contribution in [1.82, 2.24) is 4.72 Å². The molecule has 0 aromatic heterocycles. The summed E-state index contributed by atoms with van der Waals surface area (Å²) in [6.45, 7) is 0. The van der Waals surface area contributed by atoms with Crippen LogP contribution in [-0.4, -0.2) is 21.6 Å². The van der Waals surface area contributed by atoms with E-state index in [0.29, 0.717) is 9.50 Å². The number of hydrogen-bond donors (Lipinski definition) is 1. The SMILES string of the molecule is COc1c(Br)cc(Cl)cc1S(=O)(=O)NC1CCCCCC1. The molecule has 2 rings (SSSR count). The van der Waals surface area contributed by atoms with Gasteiger partial charge in [0.1, 0.15) is 4.90 Å². The summed E-state index contributed by atoms with van der Waals surface area (Å²) < 4.78 is 33.8. The Morgan fingerprint density at radius 1 is 1.24 bits per heavy atom. The first-order valence-electron chi connectivity index (χ1n) is 6.99. The Bertz CT molecular complexity index is 598. The fourth-order valence-corrected chi connectivity index (χ4v) is 5.30. The van der Waals surface area contributed by atoms with Crippen molar-refractivity contribution >= 4 is 37.6 Å². The number of hydrogen-bond acceptors (Lipinski definition) is 3. The number of methoxy groups -OCH3 is 1. The number of halogens is 2. The van der Waals surface area contributed by atoms with Gasteiger partial charge in [-0.2, -0.15) is 0 Å². The summed E-state index contributed by atoms with van der Waals surface area (Å²) in [5.41, 5.74) is 0. The van der Waals surface area contributed by atoms with Crippen LogP contribution in [0.25, 0.3) is 0 Å². The van der Waals surface area contributed by atoms with Crippen LogP contribution in [0.15, 0.2) is 21.5 Å². The van der Waals surface area contributed by atoms with Gasteiger partial charge in [0.05, 0.1) is 11.6 Å². The maximum Gasteiger partial charge on any atom is 0.244 e. The van der Waals surface area contributed by atoms with Crippen LogP contribution in [0.1, 0.15) is 38.5 Å². The zero-order chi connectivity index (χ0) is 15.5. The van der Waals surface area contributed by atoms with E-state index in [1.807, 2.05) is 0 Å². The van der Waals surface area contributed by atoms with Crippen LogP contribution < -0.4 is 9.46 Å². The second-order valence-corrected chi connectivity index (χ2v) is 8.20. The summed E-state index contributed by atoms with van der Waals surface area (Å²) in [5.74, 6) is 0.278. The fourth-order valence-electron chi connectivity index (χ4n) is 2.61. The van der Waals surface area contributed by atoms with Crippen LogP contribution in [-0.2, 0) is 10.0 Å². The maximum absolute atomic E-state index is 12.6. The van der Waals surface area contributed by atoms with Gasteiger partial charge in [-0.15, -0.1) is 0 Å². The lowest BCUT2D eigenvalue weighted by atomic mass is 10.1. The van der Waals surface area contributed by atoms with Crippen molar-refractivity contribution in [3.63, 3.8) is 0 Å². The molecule has 1 aromatic rings. The molecule has 1 N–H and O–H groups in total. The van der Waals surface area contributed by atoms with Gasteiger partial charge in [-0.25, -0.2) is 13.1 Å². The minimum atomic E-state index is -3.65. The first kappa shape index (κ1) is 17.1. The van der Waals surface area contributed by atoms with Crippen LogP contribution in [0, 0.1) is 0 Å². The summed E-state index contributed by atoms with van der Waals surface area (Å²) in [6, 6.07) is 3.02. The number of ether oxygens (including phenoxy) is 1. The molecule has 7 heteroatoms. The van der Waals surface area contributed by atoms with E-state index in [-0.39, 0.29) is 16.7 Å². The maximum atomic E-state index is 12.6. The van der Waals surface area contributed by atoms with Gasteiger partial charge in [-0.1, -0.05) is 37.3 Å². The fraction of sp³-hybridized carbons (Fsp3) is 0.571. The van der Waals surface area contributed by atoms with Crippen molar-refractivity contribution < 1.29 is 13.2 Å². The normalized spacial score (nSPS) is 17.5. The van der Waals surface area contributed by atoms with Gasteiger partial charge in [-0.05, 0) is 40.9 Å². The topological polar surface area (TPSA) is 55.4 Å². The largest absolute Gasteiger partial charge is 0.494 e. The number of rotatable bonds is 4. The first-order chi connectivity index (χ1) is 9.94. The smallest absolute Gasteiger partial charge is 0.244 e. The quantitative estimate of drug-likeness (QED) is 0.779. The molecule has 1 aromatic carbocycles. The van der Waals surface area contributed by atoms with Gasteiger partial charge in [0, 0.05) is 11.1 Å². The molecule has 1 saturated carbocycles. The van der Waals surface area contributed by atoms with Gasteiger partial charge in [0.15, 0.2) is 5.75 Å². The molecule has 0 heterocycles. The Balaban J connectivity index is 2.30. The lowest BCUT2D eigenvalue weighted by Gasteiger charge is -2.18. The Morgan fingerprint density at radius 3 is 2.43 bits per heavy atom. The van der Waals surface area contributed by atoms with Gasteiger partial charge < -0.3 is 4.74 Å². The predicted octanol–water partition coefficient (Wildman–Crippen LogP) is 4.11. The minimum Gasteiger partial charge on any atom is -0.494 e. The summed E-state index contributed by atoms with van der Waals surface area (Å²) in [5, 5.41) is 0.351. The highest BCUT2D eigenvalue weighted by Crippen LogP contribution is 2.35. The molecule has 118 valence electrons. The average molecular weight is 397 g/mol. The summed E-state index contributed by atoms with van der Waals surface area (Å²) in [7, 11) is -2.21. The number of sulfonamides is 1. The van der Waals surface area contributed by atoms with Crippen LogP contribution in [0.3, 0.4) is 0 Å². The molecule has 21 heavy (non-hydrogen) atoms. The van der Waals surface area contributed by atoms with Gasteiger partial charge in [0.2, 0.25) is 10.0 Å². The molecule has 0 amide bonds. The molecule has 0 radical (unpaired) electrons. The van der Waals surface area contributed by atoms with E-state index < -0.39 is 10.0 Å². The van der Waals surface area contributed by atoms with E-state index in [2.05, 4.69) is 20.7 Å². The van der Waals surface area contributed by atoms with Crippen molar-refractivity contribution in [3.8, 4) is 5.75 Å². The zero-order valence-electron chi connectivity index (χ0n) is 11.9. The Hall–Kier alpha value is -0.300. The molecule has 0 unspecified atom stereocenters. The molecular formula is C14H19BrClNO3S. The van der Waals surface area contributed by atoms with Gasteiger partial charge >= 0.3 is 0 Å². The first-order valence-corrected chi connectivity index (χ1v) is 9.65. The van der Waals surface area contributed by atoms with Gasteiger partial charge in [0.25, 0.3) is 0 Å². The lowest BCUT2D eigenvalue weighted by Crippen LogP contribution is -2.34. The standard InChI is InChI=1S/C14H19BrClNO3S/c1-20-14-12(15)8-10(16)9-13(14)21(18,19)17-11-6-4-2-3-5-7-11/h8-9,11,17H,2-7H2,1H3. The van der Waals surface area contributed by atoms with Crippen molar-refractivity contribution in [3.05, 3.63) is 21.6 Å². The van der Waals surface area contributed by atoms with Crippen LogP contribution in [0.4, 0.5) is 0 Å². The third-order valence-electron chi connectivity index (χ3n) is 3.64. The van der Waals surface area contributed by atoms with Crippen molar-refractivity contribution in [2.75, 3.05) is 7.11 Å². The second-order valence-electron chi connectivity index (χ2n) is 5.23. The highest BCUT2D eigenvalue weighted by atomic mass is 79.9. The summed E-state index contributed by atoms with van der Waals surface area (Å²) >= 11 is 9.26. The minimum absolute atomic E-state index is 0.0139. The summed E-state index contributed by atoms with van der Waals surface area (Å²) in [6.07, 6.45) is 6.22. The average Bonchev–Trinajstić information content (AvgIpc) is 2.66. The predicted molar refractivity (Wildman–Crippen MR) is 87.5 cm³/mol. The monoisotopic (exact) mass is 395 g/mol. The third-order valence-corrected chi connectivity index (χ3v) is 5.98. The van der Waals surface area contributed by atoms with E-state index in [4.69, 9.17) is 16.3 Å². The molecular weight excluding hydrogens is 378 g/mol. The van der Waals surface area contributed by atoms with E-state index in [9.17, 15) is 8.42 Å². The molecule has 0 spiro atoms. The highest BCUT2D eigenvalue weighted by Gasteiger charge is 2.26. The zero-order valence-corrected chi connectivity index (χ0v) is 15.0. The van der Waals surface area contributed by atoms with Crippen molar-refractivity contribution in [2.45, 2.75) is 49.5 Å². The van der Waals surface area contributed by atoms with Crippen LogP contribution >= 0.6 is 27.5 Å². The Morgan fingerprint density at radius 2 is 1.86 bits per heavy atom. The third kappa shape index (κ3) is 4.34. The lowest BCUT2D eigenvalue weighted by molar-refractivity contribution is 0.399.